The molecule has 2 rings (SSSR count). The highest BCUT2D eigenvalue weighted by atomic mass is 16.5. The third kappa shape index (κ3) is 4.52. The molecule has 0 spiro atoms. The van der Waals surface area contributed by atoms with E-state index in [0.29, 0.717) is 19.6 Å². The zero-order valence-electron chi connectivity index (χ0n) is 13.1. The van der Waals surface area contributed by atoms with Crippen molar-refractivity contribution in [2.45, 2.75) is 20.3 Å². The van der Waals surface area contributed by atoms with Crippen molar-refractivity contribution >= 4 is 17.3 Å². The molecule has 116 valence electrons. The number of rotatable bonds is 7. The number of aryl methyl sites for hydroxylation is 1. The lowest BCUT2D eigenvalue weighted by Gasteiger charge is -2.12. The van der Waals surface area contributed by atoms with Gasteiger partial charge >= 0.3 is 0 Å². The van der Waals surface area contributed by atoms with E-state index in [4.69, 9.17) is 4.74 Å². The van der Waals surface area contributed by atoms with E-state index in [0.717, 1.165) is 22.7 Å². The maximum Gasteiger partial charge on any atom is 0.226 e. The Morgan fingerprint density at radius 1 is 1.05 bits per heavy atom. The van der Waals surface area contributed by atoms with Crippen molar-refractivity contribution in [3.63, 3.8) is 0 Å². The maximum absolute atomic E-state index is 12.0. The van der Waals surface area contributed by atoms with Gasteiger partial charge in [-0.05, 0) is 37.6 Å². The van der Waals surface area contributed by atoms with E-state index in [1.54, 1.807) is 0 Å². The van der Waals surface area contributed by atoms with Gasteiger partial charge in [0, 0.05) is 18.7 Å². The number of para-hydroxylation sites is 3. The minimum atomic E-state index is -0.00399. The zero-order chi connectivity index (χ0) is 15.8. The molecule has 0 unspecified atom stereocenters. The van der Waals surface area contributed by atoms with Crippen LogP contribution >= 0.6 is 0 Å². The van der Waals surface area contributed by atoms with Crippen molar-refractivity contribution in [2.75, 3.05) is 23.8 Å². The second-order valence-electron chi connectivity index (χ2n) is 4.97. The van der Waals surface area contributed by atoms with Crippen molar-refractivity contribution in [3.8, 4) is 5.75 Å². The SMILES string of the molecule is CCOc1ccccc1NCCC(=O)Nc1ccccc1C. The highest BCUT2D eigenvalue weighted by Gasteiger charge is 2.05. The molecule has 0 aromatic heterocycles. The summed E-state index contributed by atoms with van der Waals surface area (Å²) in [7, 11) is 0. The minimum Gasteiger partial charge on any atom is -0.492 e. The summed E-state index contributed by atoms with van der Waals surface area (Å²) in [4.78, 5) is 12.0. The molecule has 0 fully saturated rings. The Morgan fingerprint density at radius 3 is 2.45 bits per heavy atom. The van der Waals surface area contributed by atoms with Crippen molar-refractivity contribution in [1.82, 2.24) is 0 Å². The van der Waals surface area contributed by atoms with E-state index in [9.17, 15) is 4.79 Å². The largest absolute Gasteiger partial charge is 0.492 e. The number of ether oxygens (including phenoxy) is 1. The second kappa shape index (κ2) is 8.08. The number of hydrogen-bond donors (Lipinski definition) is 2. The van der Waals surface area contributed by atoms with Gasteiger partial charge in [-0.15, -0.1) is 0 Å². The van der Waals surface area contributed by atoms with Crippen LogP contribution in [0.1, 0.15) is 18.9 Å². The van der Waals surface area contributed by atoms with Crippen molar-refractivity contribution in [1.29, 1.82) is 0 Å². The molecule has 0 saturated heterocycles. The Kier molecular flexibility index (Phi) is 5.83. The zero-order valence-corrected chi connectivity index (χ0v) is 13.1. The molecule has 4 heteroatoms. The summed E-state index contributed by atoms with van der Waals surface area (Å²) < 4.78 is 5.54. The number of carbonyl (C=O) groups excluding carboxylic acids is 1. The lowest BCUT2D eigenvalue weighted by Crippen LogP contribution is -2.17. The molecule has 0 aliphatic carbocycles. The first-order valence-corrected chi connectivity index (χ1v) is 7.52. The summed E-state index contributed by atoms with van der Waals surface area (Å²) in [6.07, 6.45) is 0.398. The Hall–Kier alpha value is -2.49. The molecular formula is C18H22N2O2. The average molecular weight is 298 g/mol. The van der Waals surface area contributed by atoms with E-state index in [1.165, 1.54) is 0 Å². The first-order chi connectivity index (χ1) is 10.7. The minimum absolute atomic E-state index is 0.00399. The third-order valence-corrected chi connectivity index (χ3v) is 3.27. The molecule has 0 aliphatic heterocycles. The van der Waals surface area contributed by atoms with Crippen LogP contribution in [0, 0.1) is 6.92 Å². The molecule has 0 aliphatic rings. The third-order valence-electron chi connectivity index (χ3n) is 3.27. The summed E-state index contributed by atoms with van der Waals surface area (Å²) in [5.41, 5.74) is 2.83. The first kappa shape index (κ1) is 15.9. The quantitative estimate of drug-likeness (QED) is 0.816. The Bertz CT molecular complexity index is 626. The van der Waals surface area contributed by atoms with Gasteiger partial charge in [0.2, 0.25) is 5.91 Å². The van der Waals surface area contributed by atoms with Crippen LogP contribution in [0.15, 0.2) is 48.5 Å². The van der Waals surface area contributed by atoms with Gasteiger partial charge in [0.15, 0.2) is 0 Å². The molecule has 0 bridgehead atoms. The Labute approximate surface area is 131 Å². The number of carbonyl (C=O) groups is 1. The molecule has 2 aromatic rings. The van der Waals surface area contributed by atoms with Crippen LogP contribution in [-0.2, 0) is 4.79 Å². The van der Waals surface area contributed by atoms with Crippen LogP contribution in [0.5, 0.6) is 5.75 Å². The number of benzene rings is 2. The summed E-state index contributed by atoms with van der Waals surface area (Å²) in [5.74, 6) is 0.806. The molecule has 1 amide bonds. The van der Waals surface area contributed by atoms with E-state index in [2.05, 4.69) is 10.6 Å². The topological polar surface area (TPSA) is 50.4 Å². The predicted octanol–water partition coefficient (Wildman–Crippen LogP) is 3.83. The van der Waals surface area contributed by atoms with Crippen molar-refractivity contribution in [2.24, 2.45) is 0 Å². The lowest BCUT2D eigenvalue weighted by atomic mass is 10.2. The van der Waals surface area contributed by atoms with Gasteiger partial charge in [-0.25, -0.2) is 0 Å². The van der Waals surface area contributed by atoms with Crippen molar-refractivity contribution < 1.29 is 9.53 Å². The fourth-order valence-electron chi connectivity index (χ4n) is 2.13. The Balaban J connectivity index is 1.84. The summed E-state index contributed by atoms with van der Waals surface area (Å²) in [6.45, 7) is 5.10. The van der Waals surface area contributed by atoms with Gasteiger partial charge in [-0.1, -0.05) is 30.3 Å². The van der Waals surface area contributed by atoms with E-state index in [1.807, 2.05) is 62.4 Å². The highest BCUT2D eigenvalue weighted by Crippen LogP contribution is 2.23. The number of amides is 1. The fraction of sp³-hybridized carbons (Fsp3) is 0.278. The van der Waals surface area contributed by atoms with Crippen LogP contribution in [0.25, 0.3) is 0 Å². The lowest BCUT2D eigenvalue weighted by molar-refractivity contribution is -0.115. The standard InChI is InChI=1S/C18H22N2O2/c1-3-22-17-11-7-6-10-16(17)19-13-12-18(21)20-15-9-5-4-8-14(15)2/h4-11,19H,3,12-13H2,1-2H3,(H,20,21). The van der Waals surface area contributed by atoms with Crippen LogP contribution in [0.3, 0.4) is 0 Å². The molecular weight excluding hydrogens is 276 g/mol. The summed E-state index contributed by atoms with van der Waals surface area (Å²) in [5, 5.41) is 6.17. The van der Waals surface area contributed by atoms with E-state index in [-0.39, 0.29) is 5.91 Å². The van der Waals surface area contributed by atoms with Gasteiger partial charge in [0.1, 0.15) is 5.75 Å². The summed E-state index contributed by atoms with van der Waals surface area (Å²) >= 11 is 0. The van der Waals surface area contributed by atoms with Crippen molar-refractivity contribution in [3.05, 3.63) is 54.1 Å². The van der Waals surface area contributed by atoms with Gasteiger partial charge in [-0.2, -0.15) is 0 Å². The average Bonchev–Trinajstić information content (AvgIpc) is 2.51. The van der Waals surface area contributed by atoms with Gasteiger partial charge in [0.05, 0.1) is 12.3 Å². The van der Waals surface area contributed by atoms with E-state index < -0.39 is 0 Å². The molecule has 4 nitrogen and oxygen atoms in total. The van der Waals surface area contributed by atoms with Gasteiger partial charge in [-0.3, -0.25) is 4.79 Å². The predicted molar refractivity (Wildman–Crippen MR) is 90.5 cm³/mol. The second-order valence-corrected chi connectivity index (χ2v) is 4.97. The maximum atomic E-state index is 12.0. The van der Waals surface area contributed by atoms with Crippen LogP contribution in [0.4, 0.5) is 11.4 Å². The number of anilines is 2. The van der Waals surface area contributed by atoms with E-state index >= 15 is 0 Å². The first-order valence-electron chi connectivity index (χ1n) is 7.52. The van der Waals surface area contributed by atoms with Gasteiger partial charge in [0.25, 0.3) is 0 Å². The van der Waals surface area contributed by atoms with Crippen LogP contribution < -0.4 is 15.4 Å². The fourth-order valence-corrected chi connectivity index (χ4v) is 2.13. The normalized spacial score (nSPS) is 10.1. The molecule has 0 heterocycles. The van der Waals surface area contributed by atoms with Gasteiger partial charge < -0.3 is 15.4 Å². The number of nitrogens with one attached hydrogen (secondary N) is 2. The molecule has 2 aromatic carbocycles. The number of hydrogen-bond acceptors (Lipinski definition) is 3. The molecule has 0 atom stereocenters. The smallest absolute Gasteiger partial charge is 0.226 e. The van der Waals surface area contributed by atoms with Crippen LogP contribution in [-0.4, -0.2) is 19.1 Å². The summed E-state index contributed by atoms with van der Waals surface area (Å²) in [6, 6.07) is 15.5. The molecule has 0 radical (unpaired) electrons. The Morgan fingerprint density at radius 2 is 1.73 bits per heavy atom. The molecule has 2 N–H and O–H groups in total. The molecule has 22 heavy (non-hydrogen) atoms. The highest BCUT2D eigenvalue weighted by molar-refractivity contribution is 5.91. The molecule has 0 saturated carbocycles. The van der Waals surface area contributed by atoms with Crippen LogP contribution in [0.2, 0.25) is 0 Å². The monoisotopic (exact) mass is 298 g/mol.